The Balaban J connectivity index is 1.69. The van der Waals surface area contributed by atoms with Crippen LogP contribution in [0.2, 0.25) is 0 Å². The number of hydrogen-bond donors (Lipinski definition) is 1. The number of likely N-dealkylation sites (tertiary alicyclic amines) is 1. The van der Waals surface area contributed by atoms with Crippen molar-refractivity contribution in [2.75, 3.05) is 6.54 Å². The fourth-order valence-electron chi connectivity index (χ4n) is 4.00. The molecule has 0 bridgehead atoms. The number of fused-ring (bicyclic) bond motifs is 1. The number of piperidine rings is 1. The standard InChI is InChI=1S/C14H21NO3/c16-13(12-9-5-1-2-6-10(9)12)15-8-4-3-7-11(15)14(17)18/h9-12H,1-8H2,(H,17,18)/t9-,10-,11+/m0/s1. The van der Waals surface area contributed by atoms with Crippen LogP contribution in [-0.4, -0.2) is 34.5 Å². The Morgan fingerprint density at radius 3 is 2.17 bits per heavy atom. The lowest BCUT2D eigenvalue weighted by Gasteiger charge is -2.33. The quantitative estimate of drug-likeness (QED) is 0.815. The maximum absolute atomic E-state index is 12.5. The highest BCUT2D eigenvalue weighted by Gasteiger charge is 2.56. The van der Waals surface area contributed by atoms with Gasteiger partial charge in [-0.2, -0.15) is 0 Å². The Morgan fingerprint density at radius 1 is 0.944 bits per heavy atom. The zero-order chi connectivity index (χ0) is 12.7. The number of carbonyl (C=O) groups excluding carboxylic acids is 1. The van der Waals surface area contributed by atoms with Gasteiger partial charge in [-0.25, -0.2) is 4.79 Å². The van der Waals surface area contributed by atoms with Crippen molar-refractivity contribution >= 4 is 11.9 Å². The summed E-state index contributed by atoms with van der Waals surface area (Å²) in [5.74, 6) is 0.614. The summed E-state index contributed by atoms with van der Waals surface area (Å²) in [6.45, 7) is 0.645. The second-order valence-corrected chi connectivity index (χ2v) is 6.02. The topological polar surface area (TPSA) is 57.6 Å². The van der Waals surface area contributed by atoms with Crippen LogP contribution in [-0.2, 0) is 9.59 Å². The van der Waals surface area contributed by atoms with Crippen LogP contribution in [0.15, 0.2) is 0 Å². The number of aliphatic carboxylic acids is 1. The third-order valence-corrected chi connectivity index (χ3v) is 5.01. The molecule has 1 heterocycles. The van der Waals surface area contributed by atoms with Crippen LogP contribution in [0, 0.1) is 17.8 Å². The molecular formula is C14H21NO3. The van der Waals surface area contributed by atoms with Crippen LogP contribution in [0.3, 0.4) is 0 Å². The van der Waals surface area contributed by atoms with Gasteiger partial charge in [0.25, 0.3) is 0 Å². The van der Waals surface area contributed by atoms with Crippen molar-refractivity contribution in [1.29, 1.82) is 0 Å². The van der Waals surface area contributed by atoms with Gasteiger partial charge in [0.1, 0.15) is 6.04 Å². The van der Waals surface area contributed by atoms with E-state index in [2.05, 4.69) is 0 Å². The lowest BCUT2D eigenvalue weighted by atomic mass is 10.0. The van der Waals surface area contributed by atoms with E-state index in [4.69, 9.17) is 0 Å². The molecule has 3 rings (SSSR count). The number of hydrogen-bond acceptors (Lipinski definition) is 2. The molecular weight excluding hydrogens is 230 g/mol. The van der Waals surface area contributed by atoms with Gasteiger partial charge in [-0.3, -0.25) is 4.79 Å². The maximum atomic E-state index is 12.5. The summed E-state index contributed by atoms with van der Waals surface area (Å²) in [6, 6.07) is -0.561. The van der Waals surface area contributed by atoms with E-state index < -0.39 is 12.0 Å². The lowest BCUT2D eigenvalue weighted by Crippen LogP contribution is -2.48. The van der Waals surface area contributed by atoms with Crippen LogP contribution in [0.25, 0.3) is 0 Å². The molecule has 0 aromatic heterocycles. The molecule has 2 aliphatic carbocycles. The van der Waals surface area contributed by atoms with E-state index in [-0.39, 0.29) is 11.8 Å². The number of amides is 1. The third-order valence-electron chi connectivity index (χ3n) is 5.01. The fourth-order valence-corrected chi connectivity index (χ4v) is 4.00. The van der Waals surface area contributed by atoms with Gasteiger partial charge in [0.05, 0.1) is 0 Å². The van der Waals surface area contributed by atoms with E-state index in [1.54, 1.807) is 4.90 Å². The van der Waals surface area contributed by atoms with Gasteiger partial charge in [-0.1, -0.05) is 12.8 Å². The maximum Gasteiger partial charge on any atom is 0.326 e. The van der Waals surface area contributed by atoms with Crippen LogP contribution >= 0.6 is 0 Å². The lowest BCUT2D eigenvalue weighted by molar-refractivity contribution is -0.152. The van der Waals surface area contributed by atoms with Gasteiger partial charge in [0.15, 0.2) is 0 Å². The van der Waals surface area contributed by atoms with E-state index >= 15 is 0 Å². The Kier molecular flexibility index (Phi) is 3.04. The first-order chi connectivity index (χ1) is 8.70. The normalized spacial score (nSPS) is 39.0. The monoisotopic (exact) mass is 251 g/mol. The summed E-state index contributed by atoms with van der Waals surface area (Å²) in [4.78, 5) is 25.4. The average Bonchev–Trinajstić information content (AvgIpc) is 3.12. The van der Waals surface area contributed by atoms with E-state index in [1.165, 1.54) is 25.7 Å². The first kappa shape index (κ1) is 12.0. The zero-order valence-corrected chi connectivity index (χ0v) is 10.7. The molecule has 1 aliphatic heterocycles. The minimum Gasteiger partial charge on any atom is -0.480 e. The Labute approximate surface area is 107 Å². The van der Waals surface area contributed by atoms with Gasteiger partial charge < -0.3 is 10.0 Å². The highest BCUT2D eigenvalue weighted by Crippen LogP contribution is 2.56. The third kappa shape index (κ3) is 1.91. The molecule has 1 amide bonds. The smallest absolute Gasteiger partial charge is 0.326 e. The fraction of sp³-hybridized carbons (Fsp3) is 0.857. The molecule has 0 aromatic rings. The van der Waals surface area contributed by atoms with Crippen LogP contribution in [0.1, 0.15) is 44.9 Å². The number of carbonyl (C=O) groups is 2. The molecule has 100 valence electrons. The Bertz CT molecular complexity index is 356. The molecule has 3 aliphatic rings. The molecule has 18 heavy (non-hydrogen) atoms. The molecule has 2 saturated carbocycles. The number of rotatable bonds is 2. The molecule has 4 heteroatoms. The zero-order valence-electron chi connectivity index (χ0n) is 10.7. The number of carboxylic acid groups (broad SMARTS) is 1. The molecule has 0 aromatic carbocycles. The number of carboxylic acids is 1. The van der Waals surface area contributed by atoms with Crippen molar-refractivity contribution in [3.8, 4) is 0 Å². The van der Waals surface area contributed by atoms with Crippen molar-refractivity contribution in [3.05, 3.63) is 0 Å². The van der Waals surface area contributed by atoms with Gasteiger partial charge in [0, 0.05) is 12.5 Å². The van der Waals surface area contributed by atoms with Crippen LogP contribution < -0.4 is 0 Å². The summed E-state index contributed by atoms with van der Waals surface area (Å²) in [7, 11) is 0. The predicted molar refractivity (Wildman–Crippen MR) is 65.9 cm³/mol. The molecule has 3 atom stereocenters. The van der Waals surface area contributed by atoms with Crippen molar-refractivity contribution in [2.45, 2.75) is 51.0 Å². The Hall–Kier alpha value is -1.06. The van der Waals surface area contributed by atoms with Gasteiger partial charge in [0.2, 0.25) is 5.91 Å². The highest BCUT2D eigenvalue weighted by atomic mass is 16.4. The van der Waals surface area contributed by atoms with Crippen molar-refractivity contribution < 1.29 is 14.7 Å². The van der Waals surface area contributed by atoms with Gasteiger partial charge >= 0.3 is 5.97 Å². The first-order valence-corrected chi connectivity index (χ1v) is 7.23. The van der Waals surface area contributed by atoms with E-state index in [0.29, 0.717) is 24.8 Å². The molecule has 1 saturated heterocycles. The molecule has 0 unspecified atom stereocenters. The first-order valence-electron chi connectivity index (χ1n) is 7.23. The second-order valence-electron chi connectivity index (χ2n) is 6.02. The minimum absolute atomic E-state index is 0.138. The van der Waals surface area contributed by atoms with Crippen molar-refractivity contribution in [2.24, 2.45) is 17.8 Å². The van der Waals surface area contributed by atoms with Gasteiger partial charge in [-0.15, -0.1) is 0 Å². The molecule has 3 fully saturated rings. The number of nitrogens with zero attached hydrogens (tertiary/aromatic N) is 1. The van der Waals surface area contributed by atoms with Crippen LogP contribution in [0.5, 0.6) is 0 Å². The second kappa shape index (κ2) is 4.56. The molecule has 0 radical (unpaired) electrons. The summed E-state index contributed by atoms with van der Waals surface area (Å²) >= 11 is 0. The summed E-state index contributed by atoms with van der Waals surface area (Å²) in [6.07, 6.45) is 7.35. The largest absolute Gasteiger partial charge is 0.480 e. The van der Waals surface area contributed by atoms with Crippen molar-refractivity contribution in [3.63, 3.8) is 0 Å². The van der Waals surface area contributed by atoms with Crippen LogP contribution in [0.4, 0.5) is 0 Å². The highest BCUT2D eigenvalue weighted by molar-refractivity contribution is 5.87. The summed E-state index contributed by atoms with van der Waals surface area (Å²) in [5, 5.41) is 9.22. The molecule has 1 N–H and O–H groups in total. The predicted octanol–water partition coefficient (Wildman–Crippen LogP) is 1.89. The SMILES string of the molecule is O=C(O)[C@H]1CCCCN1C(=O)C1[C@H]2CCCC[C@H]12. The minimum atomic E-state index is -0.827. The van der Waals surface area contributed by atoms with E-state index in [9.17, 15) is 14.7 Å². The summed E-state index contributed by atoms with van der Waals surface area (Å²) in [5.41, 5.74) is 0. The Morgan fingerprint density at radius 2 is 1.56 bits per heavy atom. The molecule has 0 spiro atoms. The molecule has 4 nitrogen and oxygen atoms in total. The van der Waals surface area contributed by atoms with Gasteiger partial charge in [-0.05, 0) is 43.9 Å². The van der Waals surface area contributed by atoms with Crippen molar-refractivity contribution in [1.82, 2.24) is 4.90 Å². The van der Waals surface area contributed by atoms with E-state index in [1.807, 2.05) is 0 Å². The average molecular weight is 251 g/mol. The summed E-state index contributed by atoms with van der Waals surface area (Å²) < 4.78 is 0. The van der Waals surface area contributed by atoms with E-state index in [0.717, 1.165) is 12.8 Å².